The molecule has 2 aromatic rings. The molecule has 4 aliphatic heterocycles. The first-order valence-electron chi connectivity index (χ1n) is 19.3. The molecule has 0 spiro atoms. The third-order valence-electron chi connectivity index (χ3n) is 10.8. The van der Waals surface area contributed by atoms with Crippen LogP contribution in [0.2, 0.25) is 15.1 Å². The van der Waals surface area contributed by atoms with Crippen molar-refractivity contribution in [3.63, 3.8) is 0 Å². The maximum atomic E-state index is 12.6. The Bertz CT molecular complexity index is 1920. The van der Waals surface area contributed by atoms with E-state index in [1.165, 1.54) is 18.2 Å². The molecule has 59 heavy (non-hydrogen) atoms. The molecule has 0 unspecified atom stereocenters. The average Bonchev–Trinajstić information content (AvgIpc) is 3.20. The van der Waals surface area contributed by atoms with Crippen molar-refractivity contribution >= 4 is 82.0 Å². The molecule has 0 radical (unpaired) electrons. The normalized spacial score (nSPS) is 17.4. The van der Waals surface area contributed by atoms with Gasteiger partial charge in [0.05, 0.1) is 46.0 Å². The molecule has 16 nitrogen and oxygen atoms in total. The lowest BCUT2D eigenvalue weighted by Crippen LogP contribution is -2.64. The fourth-order valence-corrected chi connectivity index (χ4v) is 7.80. The summed E-state index contributed by atoms with van der Waals surface area (Å²) in [6.45, 7) is 18.0. The molecule has 0 aliphatic carbocycles. The van der Waals surface area contributed by atoms with E-state index in [1.807, 2.05) is 11.8 Å². The van der Waals surface area contributed by atoms with Gasteiger partial charge in [0.25, 0.3) is 0 Å². The molecular weight excluding hydrogens is 825 g/mol. The van der Waals surface area contributed by atoms with Gasteiger partial charge in [-0.25, -0.2) is 0 Å². The summed E-state index contributed by atoms with van der Waals surface area (Å²) in [5.41, 5.74) is 6.81. The first-order valence-corrected chi connectivity index (χ1v) is 20.4. The number of ether oxygens (including phenoxy) is 1. The average molecular weight is 875 g/mol. The van der Waals surface area contributed by atoms with Gasteiger partial charge in [-0.2, -0.15) is 0 Å². The quantitative estimate of drug-likeness (QED) is 0.188. The summed E-state index contributed by atoms with van der Waals surface area (Å²) >= 11 is 18.1. The summed E-state index contributed by atoms with van der Waals surface area (Å²) in [6, 6.07) is 6.91. The standard InChI is InChI=1S/C21H27ClN4O4.C19H23Cl2N5O3/c1-3-20(28)26-12-16(13-26)24-5-7-25(8-6-24)21(29)11-23-18-9-15(14-27)17(22)10-19(18)30-4-2;1-2-16(27)26-10-13(11-26)24-3-5-25(6-4-24)17(28)9-23-12-7-14(19(22)29)18(21)15(20)8-12/h3,9-10,14,16,23H,1,4-8,11-13H2,2H3;2,7-8,13,23H,1,3-6,9-11H2,(H2,22,29). The zero-order valence-electron chi connectivity index (χ0n) is 33.0. The molecule has 6 rings (SSSR count). The molecule has 19 heteroatoms. The Kier molecular flexibility index (Phi) is 16.0. The highest BCUT2D eigenvalue weighted by Gasteiger charge is 2.37. The number of piperazine rings is 2. The van der Waals surface area contributed by atoms with Gasteiger partial charge >= 0.3 is 0 Å². The van der Waals surface area contributed by atoms with Gasteiger partial charge < -0.3 is 40.7 Å². The third-order valence-corrected chi connectivity index (χ3v) is 11.9. The SMILES string of the molecule is C=CC(=O)N1CC(N2CCN(C(=O)CNc3cc(C=O)c(Cl)cc3OCC)CC2)C1.C=CC(=O)N1CC(N2CCN(C(=O)CNc3cc(Cl)c(Cl)c(C(N)=O)c3)CC2)C1. The number of amides is 5. The van der Waals surface area contributed by atoms with E-state index < -0.39 is 5.91 Å². The number of likely N-dealkylation sites (tertiary alicyclic amines) is 2. The predicted molar refractivity (Wildman–Crippen MR) is 227 cm³/mol. The van der Waals surface area contributed by atoms with Crippen LogP contribution >= 0.6 is 34.8 Å². The van der Waals surface area contributed by atoms with Crippen LogP contribution in [0.25, 0.3) is 0 Å². The summed E-state index contributed by atoms with van der Waals surface area (Å²) in [6.07, 6.45) is 3.35. The maximum Gasteiger partial charge on any atom is 0.250 e. The molecule has 4 aliphatic rings. The number of carbonyl (C=O) groups is 6. The third kappa shape index (κ3) is 11.5. The van der Waals surface area contributed by atoms with E-state index in [0.29, 0.717) is 92.0 Å². The Hall–Kier alpha value is -4.87. The van der Waals surface area contributed by atoms with Gasteiger partial charge in [-0.05, 0) is 37.3 Å². The van der Waals surface area contributed by atoms with Crippen LogP contribution in [0.3, 0.4) is 0 Å². The maximum absolute atomic E-state index is 12.6. The zero-order valence-corrected chi connectivity index (χ0v) is 35.2. The van der Waals surface area contributed by atoms with Crippen LogP contribution in [-0.4, -0.2) is 176 Å². The van der Waals surface area contributed by atoms with Crippen molar-refractivity contribution in [3.05, 3.63) is 75.8 Å². The van der Waals surface area contributed by atoms with Crippen LogP contribution < -0.4 is 21.1 Å². The highest BCUT2D eigenvalue weighted by atomic mass is 35.5. The second-order valence-electron chi connectivity index (χ2n) is 14.3. The molecule has 4 N–H and O–H groups in total. The van der Waals surface area contributed by atoms with E-state index in [1.54, 1.807) is 32.9 Å². The van der Waals surface area contributed by atoms with Crippen molar-refractivity contribution in [1.29, 1.82) is 0 Å². The van der Waals surface area contributed by atoms with Gasteiger partial charge in [-0.3, -0.25) is 38.6 Å². The fraction of sp³-hybridized carbons (Fsp3) is 0.450. The van der Waals surface area contributed by atoms with Gasteiger partial charge in [0, 0.05) is 108 Å². The first kappa shape index (κ1) is 45.2. The van der Waals surface area contributed by atoms with E-state index in [0.717, 1.165) is 39.3 Å². The van der Waals surface area contributed by atoms with Crippen LogP contribution in [0.1, 0.15) is 27.6 Å². The van der Waals surface area contributed by atoms with Gasteiger partial charge in [-0.15, -0.1) is 0 Å². The number of anilines is 2. The molecule has 2 aromatic carbocycles. The minimum atomic E-state index is -0.688. The Morgan fingerprint density at radius 3 is 1.66 bits per heavy atom. The summed E-state index contributed by atoms with van der Waals surface area (Å²) in [7, 11) is 0. The van der Waals surface area contributed by atoms with Crippen LogP contribution in [-0.2, 0) is 19.2 Å². The minimum absolute atomic E-state index is 0.0169. The number of primary amides is 1. The number of aldehydes is 1. The summed E-state index contributed by atoms with van der Waals surface area (Å²) in [4.78, 5) is 82.7. The number of carbonyl (C=O) groups excluding carboxylic acids is 6. The van der Waals surface area contributed by atoms with Crippen molar-refractivity contribution in [1.82, 2.24) is 29.4 Å². The lowest BCUT2D eigenvalue weighted by molar-refractivity contribution is -0.137. The van der Waals surface area contributed by atoms with Crippen LogP contribution in [0.4, 0.5) is 11.4 Å². The second kappa shape index (κ2) is 20.9. The molecular formula is C40H50Cl3N9O7. The van der Waals surface area contributed by atoms with Crippen molar-refractivity contribution in [3.8, 4) is 5.75 Å². The largest absolute Gasteiger partial charge is 0.492 e. The lowest BCUT2D eigenvalue weighted by Gasteiger charge is -2.47. The molecule has 0 bridgehead atoms. The second-order valence-corrected chi connectivity index (χ2v) is 15.5. The van der Waals surface area contributed by atoms with Crippen molar-refractivity contribution in [2.45, 2.75) is 19.0 Å². The topological polar surface area (TPSA) is 181 Å². The predicted octanol–water partition coefficient (Wildman–Crippen LogP) is 2.55. The number of nitrogens with zero attached hydrogens (tertiary/aromatic N) is 6. The van der Waals surface area contributed by atoms with Crippen molar-refractivity contribution in [2.24, 2.45) is 5.73 Å². The number of nitrogens with two attached hydrogens (primary N) is 1. The van der Waals surface area contributed by atoms with Crippen LogP contribution in [0, 0.1) is 0 Å². The van der Waals surface area contributed by atoms with E-state index in [2.05, 4.69) is 33.6 Å². The number of halogens is 3. The highest BCUT2D eigenvalue weighted by Crippen LogP contribution is 2.32. The molecule has 5 amide bonds. The lowest BCUT2D eigenvalue weighted by atomic mass is 10.1. The summed E-state index contributed by atoms with van der Waals surface area (Å²) < 4.78 is 5.56. The number of rotatable bonds is 14. The van der Waals surface area contributed by atoms with E-state index in [-0.39, 0.29) is 52.3 Å². The van der Waals surface area contributed by atoms with E-state index in [9.17, 15) is 28.8 Å². The number of nitrogens with one attached hydrogen (secondary N) is 2. The molecule has 4 saturated heterocycles. The number of hydrogen-bond donors (Lipinski definition) is 3. The Balaban J connectivity index is 0.000000224. The highest BCUT2D eigenvalue weighted by molar-refractivity contribution is 6.44. The van der Waals surface area contributed by atoms with E-state index in [4.69, 9.17) is 45.3 Å². The Morgan fingerprint density at radius 1 is 0.729 bits per heavy atom. The molecule has 0 atom stereocenters. The fourth-order valence-electron chi connectivity index (χ4n) is 7.18. The summed E-state index contributed by atoms with van der Waals surface area (Å²) in [5, 5.41) is 6.65. The van der Waals surface area contributed by atoms with Crippen LogP contribution in [0.15, 0.2) is 49.6 Å². The molecule has 4 fully saturated rings. The van der Waals surface area contributed by atoms with Gasteiger partial charge in [0.15, 0.2) is 6.29 Å². The monoisotopic (exact) mass is 873 g/mol. The smallest absolute Gasteiger partial charge is 0.250 e. The zero-order chi connectivity index (χ0) is 42.8. The van der Waals surface area contributed by atoms with Crippen molar-refractivity contribution in [2.75, 3.05) is 109 Å². The van der Waals surface area contributed by atoms with Crippen molar-refractivity contribution < 1.29 is 33.5 Å². The number of benzene rings is 2. The Labute approximate surface area is 358 Å². The Morgan fingerprint density at radius 2 is 1.22 bits per heavy atom. The molecule has 318 valence electrons. The van der Waals surface area contributed by atoms with Gasteiger partial charge in [-0.1, -0.05) is 48.0 Å². The summed E-state index contributed by atoms with van der Waals surface area (Å²) in [5.74, 6) is -0.313. The molecule has 0 aromatic heterocycles. The van der Waals surface area contributed by atoms with Crippen LogP contribution in [0.5, 0.6) is 5.75 Å². The minimum Gasteiger partial charge on any atom is -0.492 e. The number of hydrogen-bond acceptors (Lipinski definition) is 11. The first-order chi connectivity index (χ1) is 28.3. The molecule has 0 saturated carbocycles. The van der Waals surface area contributed by atoms with Gasteiger partial charge in [0.2, 0.25) is 29.5 Å². The van der Waals surface area contributed by atoms with E-state index >= 15 is 0 Å². The molecule has 4 heterocycles. The van der Waals surface area contributed by atoms with Gasteiger partial charge in [0.1, 0.15) is 5.75 Å².